The van der Waals surface area contributed by atoms with Crippen molar-refractivity contribution >= 4 is 67.3 Å². The monoisotopic (exact) mass is 604 g/mol. The fourth-order valence-electron chi connectivity index (χ4n) is 3.41. The quantitative estimate of drug-likeness (QED) is 0.230. The number of rotatable bonds is 7. The fourth-order valence-corrected chi connectivity index (χ4v) is 4.95. The Morgan fingerprint density at radius 1 is 1.03 bits per heavy atom. The average molecular weight is 606 g/mol. The Balaban J connectivity index is 1.72. The van der Waals surface area contributed by atoms with Crippen LogP contribution < -0.4 is 19.1 Å². The van der Waals surface area contributed by atoms with Crippen LogP contribution in [-0.4, -0.2) is 32.9 Å². The van der Waals surface area contributed by atoms with Crippen LogP contribution in [0.4, 0.5) is 10.5 Å². The van der Waals surface area contributed by atoms with Gasteiger partial charge in [-0.3, -0.25) is 14.9 Å². The van der Waals surface area contributed by atoms with E-state index in [9.17, 15) is 22.8 Å². The largest absolute Gasteiger partial charge is 0.490 e. The predicted molar refractivity (Wildman–Crippen MR) is 140 cm³/mol. The first-order valence-electron chi connectivity index (χ1n) is 10.7. The normalized spacial score (nSPS) is 15.1. The second-order valence-corrected chi connectivity index (χ2v) is 10.4. The van der Waals surface area contributed by atoms with Gasteiger partial charge in [0.2, 0.25) is 5.75 Å². The minimum absolute atomic E-state index is 0.0223. The van der Waals surface area contributed by atoms with Crippen molar-refractivity contribution < 1.29 is 31.7 Å². The molecule has 190 valence electrons. The number of nitrogens with one attached hydrogen (secondary N) is 1. The third kappa shape index (κ3) is 5.68. The maximum atomic E-state index is 13.1. The van der Waals surface area contributed by atoms with Crippen molar-refractivity contribution in [2.75, 3.05) is 11.5 Å². The second kappa shape index (κ2) is 10.8. The molecule has 9 nitrogen and oxygen atoms in total. The summed E-state index contributed by atoms with van der Waals surface area (Å²) < 4.78 is 37.0. The lowest BCUT2D eigenvalue weighted by atomic mass is 10.1. The van der Waals surface area contributed by atoms with Crippen LogP contribution in [0, 0.1) is 0 Å². The molecule has 1 N–H and O–H groups in total. The first kappa shape index (κ1) is 26.4. The lowest BCUT2D eigenvalue weighted by Gasteiger charge is -2.26. The average Bonchev–Trinajstić information content (AvgIpc) is 2.85. The molecule has 0 spiro atoms. The van der Waals surface area contributed by atoms with E-state index in [-0.39, 0.29) is 44.8 Å². The molecule has 37 heavy (non-hydrogen) atoms. The van der Waals surface area contributed by atoms with E-state index in [1.165, 1.54) is 30.3 Å². The smallest absolute Gasteiger partial charge is 0.339 e. The Kier molecular flexibility index (Phi) is 7.67. The van der Waals surface area contributed by atoms with Crippen LogP contribution >= 0.6 is 27.5 Å². The number of hydrogen-bond acceptors (Lipinski definition) is 7. The maximum absolute atomic E-state index is 13.1. The van der Waals surface area contributed by atoms with Gasteiger partial charge < -0.3 is 8.92 Å². The van der Waals surface area contributed by atoms with Gasteiger partial charge in [-0.2, -0.15) is 8.42 Å². The van der Waals surface area contributed by atoms with Crippen molar-refractivity contribution in [1.29, 1.82) is 0 Å². The molecule has 0 aliphatic carbocycles. The summed E-state index contributed by atoms with van der Waals surface area (Å²) in [5, 5.41) is 2.00. The maximum Gasteiger partial charge on any atom is 0.339 e. The molecule has 12 heteroatoms. The number of carbonyl (C=O) groups is 3. The molecule has 0 radical (unpaired) electrons. The van der Waals surface area contributed by atoms with E-state index in [0.717, 1.165) is 9.37 Å². The minimum Gasteiger partial charge on any atom is -0.490 e. The van der Waals surface area contributed by atoms with Gasteiger partial charge in [-0.05, 0) is 67.1 Å². The molecule has 4 rings (SSSR count). The van der Waals surface area contributed by atoms with Crippen molar-refractivity contribution in [3.8, 4) is 11.5 Å². The van der Waals surface area contributed by atoms with Gasteiger partial charge in [-0.1, -0.05) is 45.7 Å². The highest BCUT2D eigenvalue weighted by atomic mass is 79.9. The van der Waals surface area contributed by atoms with E-state index >= 15 is 0 Å². The molecular formula is C25H18BrClN2O7S. The molecule has 3 aromatic rings. The molecule has 0 unspecified atom stereocenters. The summed E-state index contributed by atoms with van der Waals surface area (Å²) in [4.78, 5) is 38.8. The van der Waals surface area contributed by atoms with Gasteiger partial charge in [0.15, 0.2) is 5.75 Å². The number of hydrogen-bond donors (Lipinski definition) is 1. The molecule has 4 amide bonds. The summed E-state index contributed by atoms with van der Waals surface area (Å²) in [5.74, 6) is -2.02. The standard InChI is InChI=1S/C25H18BrClN2O7S/c1-2-35-21-14-15(13-20(27)22(21)36-37(33,34)18-6-4-3-5-7-18)12-19-23(30)28-25(32)29(24(19)31)17-10-8-16(26)9-11-17/h3-14H,2H2,1H3,(H,28,30,32)/b19-12+. The van der Waals surface area contributed by atoms with Gasteiger partial charge in [0, 0.05) is 4.47 Å². The van der Waals surface area contributed by atoms with Crippen LogP contribution in [0.1, 0.15) is 12.5 Å². The molecule has 0 aromatic heterocycles. The number of ether oxygens (including phenoxy) is 1. The third-order valence-electron chi connectivity index (χ3n) is 5.05. The van der Waals surface area contributed by atoms with Crippen LogP contribution in [0.5, 0.6) is 11.5 Å². The van der Waals surface area contributed by atoms with Crippen molar-refractivity contribution in [2.24, 2.45) is 0 Å². The lowest BCUT2D eigenvalue weighted by molar-refractivity contribution is -0.122. The van der Waals surface area contributed by atoms with Crippen LogP contribution in [-0.2, 0) is 19.7 Å². The molecule has 1 saturated heterocycles. The summed E-state index contributed by atoms with van der Waals surface area (Å²) in [6.07, 6.45) is 1.22. The first-order chi connectivity index (χ1) is 17.6. The molecule has 1 fully saturated rings. The zero-order chi connectivity index (χ0) is 26.7. The minimum atomic E-state index is -4.23. The van der Waals surface area contributed by atoms with Crippen LogP contribution in [0.2, 0.25) is 5.02 Å². The van der Waals surface area contributed by atoms with Crippen LogP contribution in [0.25, 0.3) is 6.08 Å². The summed E-state index contributed by atoms with van der Waals surface area (Å²) in [7, 11) is -4.23. The number of benzene rings is 3. The molecule has 1 heterocycles. The highest BCUT2D eigenvalue weighted by Gasteiger charge is 2.37. The Hall–Kier alpha value is -3.67. The summed E-state index contributed by atoms with van der Waals surface area (Å²) >= 11 is 9.65. The van der Waals surface area contributed by atoms with Crippen LogP contribution in [0.15, 0.2) is 81.7 Å². The zero-order valence-electron chi connectivity index (χ0n) is 19.1. The van der Waals surface area contributed by atoms with E-state index in [0.29, 0.717) is 0 Å². The van der Waals surface area contributed by atoms with Gasteiger partial charge >= 0.3 is 16.1 Å². The second-order valence-electron chi connectivity index (χ2n) is 7.55. The van der Waals surface area contributed by atoms with Gasteiger partial charge in [0.05, 0.1) is 17.3 Å². The SMILES string of the molecule is CCOc1cc(/C=C2\C(=O)NC(=O)N(c3ccc(Br)cc3)C2=O)cc(Cl)c1OS(=O)(=O)c1ccccc1. The van der Waals surface area contributed by atoms with E-state index in [1.807, 2.05) is 0 Å². The number of carbonyl (C=O) groups excluding carboxylic acids is 3. The third-order valence-corrected chi connectivity index (χ3v) is 7.10. The van der Waals surface area contributed by atoms with Crippen molar-refractivity contribution in [3.63, 3.8) is 0 Å². The molecule has 1 aliphatic heterocycles. The number of nitrogens with zero attached hydrogens (tertiary/aromatic N) is 1. The molecule has 3 aromatic carbocycles. The lowest BCUT2D eigenvalue weighted by Crippen LogP contribution is -2.54. The van der Waals surface area contributed by atoms with Gasteiger partial charge in [0.1, 0.15) is 10.5 Å². The fraction of sp³-hybridized carbons (Fsp3) is 0.0800. The summed E-state index contributed by atoms with van der Waals surface area (Å²) in [5.41, 5.74) is 0.153. The van der Waals surface area contributed by atoms with E-state index < -0.39 is 28.0 Å². The Morgan fingerprint density at radius 3 is 2.35 bits per heavy atom. The predicted octanol–water partition coefficient (Wildman–Crippen LogP) is 4.94. The van der Waals surface area contributed by atoms with E-state index in [4.69, 9.17) is 20.5 Å². The Labute approximate surface area is 225 Å². The molecule has 0 saturated carbocycles. The number of barbiturate groups is 1. The van der Waals surface area contributed by atoms with Crippen molar-refractivity contribution in [3.05, 3.63) is 87.4 Å². The van der Waals surface area contributed by atoms with Crippen LogP contribution in [0.3, 0.4) is 0 Å². The Bertz CT molecular complexity index is 1520. The van der Waals surface area contributed by atoms with Crippen molar-refractivity contribution in [1.82, 2.24) is 5.32 Å². The molecular weight excluding hydrogens is 588 g/mol. The molecule has 0 bridgehead atoms. The number of halogens is 2. The first-order valence-corrected chi connectivity index (χ1v) is 13.3. The summed E-state index contributed by atoms with van der Waals surface area (Å²) in [6.45, 7) is 1.82. The number of anilines is 1. The Morgan fingerprint density at radius 2 is 1.70 bits per heavy atom. The number of imide groups is 2. The number of amides is 4. The van der Waals surface area contributed by atoms with E-state index in [1.54, 1.807) is 49.4 Å². The topological polar surface area (TPSA) is 119 Å². The van der Waals surface area contributed by atoms with E-state index in [2.05, 4.69) is 21.2 Å². The van der Waals surface area contributed by atoms with Crippen molar-refractivity contribution in [2.45, 2.75) is 11.8 Å². The number of urea groups is 1. The molecule has 1 aliphatic rings. The highest BCUT2D eigenvalue weighted by Crippen LogP contribution is 2.39. The zero-order valence-corrected chi connectivity index (χ0v) is 22.3. The summed E-state index contributed by atoms with van der Waals surface area (Å²) in [6, 6.07) is 15.7. The molecule has 0 atom stereocenters. The highest BCUT2D eigenvalue weighted by molar-refractivity contribution is 9.10. The van der Waals surface area contributed by atoms with Gasteiger partial charge in [-0.25, -0.2) is 9.69 Å². The van der Waals surface area contributed by atoms with Gasteiger partial charge in [0.25, 0.3) is 11.8 Å². The van der Waals surface area contributed by atoms with Gasteiger partial charge in [-0.15, -0.1) is 0 Å².